The Bertz CT molecular complexity index is 407. The maximum atomic E-state index is 4.62. The average molecular weight is 297 g/mol. The van der Waals surface area contributed by atoms with Crippen LogP contribution < -0.4 is 0 Å². The number of fused-ring (bicyclic) bond motifs is 2. The molecule has 5 heteroatoms. The molecule has 3 nitrogen and oxygen atoms in total. The molecule has 0 spiro atoms. The second kappa shape index (κ2) is 6.55. The van der Waals surface area contributed by atoms with E-state index < -0.39 is 0 Å². The summed E-state index contributed by atoms with van der Waals surface area (Å²) in [6, 6.07) is 0. The van der Waals surface area contributed by atoms with Crippen molar-refractivity contribution in [1.82, 2.24) is 13.6 Å². The largest absolute Gasteiger partial charge is 0.302 e. The standard InChI is InChI=1S/C14H23N3S2/c1-2-3-4-5-8-18-14-13(15-19-16-14)12-10-17-7-6-11(12)9-17/h11-12H,2-10H2,1H3. The number of piperidine rings is 1. The Hall–Kier alpha value is -0.130. The van der Waals surface area contributed by atoms with E-state index in [0.29, 0.717) is 5.92 Å². The lowest BCUT2D eigenvalue weighted by Crippen LogP contribution is -2.22. The number of nitrogens with zero attached hydrogens (tertiary/aromatic N) is 3. The monoisotopic (exact) mass is 297 g/mol. The predicted molar refractivity (Wildman–Crippen MR) is 82.1 cm³/mol. The van der Waals surface area contributed by atoms with E-state index in [1.807, 2.05) is 11.8 Å². The normalized spacial score (nSPS) is 29.2. The van der Waals surface area contributed by atoms with E-state index in [-0.39, 0.29) is 0 Å². The summed E-state index contributed by atoms with van der Waals surface area (Å²) in [6.07, 6.45) is 6.71. The highest BCUT2D eigenvalue weighted by atomic mass is 32.2. The van der Waals surface area contributed by atoms with Crippen LogP contribution >= 0.6 is 23.5 Å². The molecule has 3 rings (SSSR count). The number of hydrogen-bond donors (Lipinski definition) is 0. The van der Waals surface area contributed by atoms with Crippen LogP contribution in [0.1, 0.15) is 50.6 Å². The molecule has 106 valence electrons. The summed E-state index contributed by atoms with van der Waals surface area (Å²) in [7, 11) is 0. The molecule has 2 saturated heterocycles. The minimum Gasteiger partial charge on any atom is -0.302 e. The maximum absolute atomic E-state index is 4.62. The fourth-order valence-corrected chi connectivity index (χ4v) is 5.08. The van der Waals surface area contributed by atoms with Gasteiger partial charge in [0.15, 0.2) is 0 Å². The molecule has 2 fully saturated rings. The van der Waals surface area contributed by atoms with E-state index in [1.165, 1.54) is 79.9 Å². The molecule has 1 aromatic rings. The van der Waals surface area contributed by atoms with Crippen molar-refractivity contribution in [3.05, 3.63) is 5.69 Å². The van der Waals surface area contributed by atoms with Gasteiger partial charge in [-0.2, -0.15) is 8.75 Å². The highest BCUT2D eigenvalue weighted by molar-refractivity contribution is 7.99. The van der Waals surface area contributed by atoms with Gasteiger partial charge < -0.3 is 4.90 Å². The minimum atomic E-state index is 0.672. The molecule has 3 unspecified atom stereocenters. The summed E-state index contributed by atoms with van der Waals surface area (Å²) in [5, 5.41) is 1.24. The van der Waals surface area contributed by atoms with Crippen molar-refractivity contribution in [3.8, 4) is 0 Å². The van der Waals surface area contributed by atoms with E-state index >= 15 is 0 Å². The molecule has 0 radical (unpaired) electrons. The van der Waals surface area contributed by atoms with E-state index in [9.17, 15) is 0 Å². The van der Waals surface area contributed by atoms with Crippen molar-refractivity contribution in [2.75, 3.05) is 25.4 Å². The number of aromatic nitrogens is 2. The van der Waals surface area contributed by atoms with Gasteiger partial charge in [-0.1, -0.05) is 26.2 Å². The zero-order valence-corrected chi connectivity index (χ0v) is 13.3. The first-order chi connectivity index (χ1) is 9.38. The number of rotatable bonds is 7. The Morgan fingerprint density at radius 2 is 2.21 bits per heavy atom. The third-order valence-corrected chi connectivity index (χ3v) is 6.13. The van der Waals surface area contributed by atoms with Crippen LogP contribution in [0, 0.1) is 5.92 Å². The van der Waals surface area contributed by atoms with Gasteiger partial charge in [0.05, 0.1) is 17.4 Å². The average Bonchev–Trinajstić information content (AvgIpc) is 3.14. The maximum Gasteiger partial charge on any atom is 0.134 e. The number of hydrogen-bond acceptors (Lipinski definition) is 5. The fourth-order valence-electron chi connectivity index (χ4n) is 3.31. The van der Waals surface area contributed by atoms with E-state index in [2.05, 4.69) is 20.6 Å². The van der Waals surface area contributed by atoms with Crippen LogP contribution in [0.3, 0.4) is 0 Å². The summed E-state index contributed by atoms with van der Waals surface area (Å²) in [6.45, 7) is 6.08. The Morgan fingerprint density at radius 1 is 1.26 bits per heavy atom. The van der Waals surface area contributed by atoms with Crippen LogP contribution in [0.4, 0.5) is 0 Å². The SMILES string of the molecule is CCCCCCSc1nsnc1C1CN2CCC1C2. The van der Waals surface area contributed by atoms with Gasteiger partial charge in [0.25, 0.3) is 0 Å². The summed E-state index contributed by atoms with van der Waals surface area (Å²) >= 11 is 3.35. The summed E-state index contributed by atoms with van der Waals surface area (Å²) in [4.78, 5) is 2.59. The van der Waals surface area contributed by atoms with Crippen molar-refractivity contribution in [1.29, 1.82) is 0 Å². The predicted octanol–water partition coefficient (Wildman–Crippen LogP) is 3.63. The molecule has 2 aliphatic rings. The summed E-state index contributed by atoms with van der Waals surface area (Å²) in [5.41, 5.74) is 1.32. The van der Waals surface area contributed by atoms with Crippen molar-refractivity contribution >= 4 is 23.5 Å². The molecule has 1 aromatic heterocycles. The molecule has 2 bridgehead atoms. The van der Waals surface area contributed by atoms with Crippen LogP contribution in [0.25, 0.3) is 0 Å². The Labute approximate surface area is 124 Å². The van der Waals surface area contributed by atoms with Crippen molar-refractivity contribution in [2.24, 2.45) is 5.92 Å². The first-order valence-electron chi connectivity index (χ1n) is 7.56. The van der Waals surface area contributed by atoms with Crippen LogP contribution in [-0.2, 0) is 0 Å². The molecular weight excluding hydrogens is 274 g/mol. The van der Waals surface area contributed by atoms with Crippen LogP contribution in [0.2, 0.25) is 0 Å². The zero-order chi connectivity index (χ0) is 13.1. The van der Waals surface area contributed by atoms with Crippen molar-refractivity contribution in [2.45, 2.75) is 50.0 Å². The van der Waals surface area contributed by atoms with Crippen LogP contribution in [0.15, 0.2) is 5.03 Å². The molecule has 0 N–H and O–H groups in total. The number of unbranched alkanes of at least 4 members (excludes halogenated alkanes) is 3. The first kappa shape index (κ1) is 13.8. The molecule has 19 heavy (non-hydrogen) atoms. The fraction of sp³-hybridized carbons (Fsp3) is 0.857. The van der Waals surface area contributed by atoms with Crippen molar-refractivity contribution in [3.63, 3.8) is 0 Å². The van der Waals surface area contributed by atoms with E-state index in [0.717, 1.165) is 5.92 Å². The van der Waals surface area contributed by atoms with Gasteiger partial charge in [-0.25, -0.2) is 0 Å². The van der Waals surface area contributed by atoms with Gasteiger partial charge in [-0.15, -0.1) is 11.8 Å². The van der Waals surface area contributed by atoms with E-state index in [4.69, 9.17) is 0 Å². The van der Waals surface area contributed by atoms with Crippen molar-refractivity contribution < 1.29 is 0 Å². The lowest BCUT2D eigenvalue weighted by atomic mass is 9.90. The second-order valence-electron chi connectivity index (χ2n) is 5.78. The van der Waals surface area contributed by atoms with Gasteiger partial charge >= 0.3 is 0 Å². The van der Waals surface area contributed by atoms with Crippen LogP contribution in [0.5, 0.6) is 0 Å². The quantitative estimate of drug-likeness (QED) is 0.568. The molecule has 2 aliphatic heterocycles. The first-order valence-corrected chi connectivity index (χ1v) is 9.27. The molecule has 0 amide bonds. The van der Waals surface area contributed by atoms with Gasteiger partial charge in [0.1, 0.15) is 5.03 Å². The Kier molecular flexibility index (Phi) is 4.77. The summed E-state index contributed by atoms with van der Waals surface area (Å²) in [5.74, 6) is 2.73. The van der Waals surface area contributed by atoms with Gasteiger partial charge in [-0.3, -0.25) is 0 Å². The second-order valence-corrected chi connectivity index (χ2v) is 7.39. The Balaban J connectivity index is 1.54. The van der Waals surface area contributed by atoms with Gasteiger partial charge in [-0.05, 0) is 31.1 Å². The third kappa shape index (κ3) is 3.14. The molecule has 0 aromatic carbocycles. The minimum absolute atomic E-state index is 0.672. The lowest BCUT2D eigenvalue weighted by molar-refractivity contribution is 0.342. The topological polar surface area (TPSA) is 29.0 Å². The number of thioether (sulfide) groups is 1. The van der Waals surface area contributed by atoms with Gasteiger partial charge in [0, 0.05) is 19.0 Å². The molecule has 3 atom stereocenters. The van der Waals surface area contributed by atoms with Gasteiger partial charge in [0.2, 0.25) is 0 Å². The lowest BCUT2D eigenvalue weighted by Gasteiger charge is -2.20. The smallest absolute Gasteiger partial charge is 0.134 e. The summed E-state index contributed by atoms with van der Waals surface area (Å²) < 4.78 is 9.15. The molecule has 0 saturated carbocycles. The van der Waals surface area contributed by atoms with Crippen LogP contribution in [-0.4, -0.2) is 39.0 Å². The molecule has 3 heterocycles. The third-order valence-electron chi connectivity index (χ3n) is 4.40. The highest BCUT2D eigenvalue weighted by Crippen LogP contribution is 2.42. The Morgan fingerprint density at radius 3 is 2.95 bits per heavy atom. The molecule has 0 aliphatic carbocycles. The zero-order valence-electron chi connectivity index (χ0n) is 11.7. The van der Waals surface area contributed by atoms with E-state index in [1.54, 1.807) is 0 Å². The molecular formula is C14H23N3S2. The highest BCUT2D eigenvalue weighted by Gasteiger charge is 2.41.